The fourth-order valence-corrected chi connectivity index (χ4v) is 3.00. The van der Waals surface area contributed by atoms with Crippen LogP contribution >= 0.6 is 0 Å². The van der Waals surface area contributed by atoms with Gasteiger partial charge in [0.25, 0.3) is 0 Å². The highest BCUT2D eigenvalue weighted by Gasteiger charge is 2.29. The predicted octanol–water partition coefficient (Wildman–Crippen LogP) is 5.14. The normalized spacial score (nSPS) is 11.7. The number of amides is 1. The zero-order valence-corrected chi connectivity index (χ0v) is 17.8. The second-order valence-electron chi connectivity index (χ2n) is 7.24. The SMILES string of the molecule is CCOC(=O)c1nc([C@@H](NC(=O)OCc2ccccc2)C(C)C)oc1-c1ccccc1. The van der Waals surface area contributed by atoms with Crippen molar-refractivity contribution in [3.63, 3.8) is 0 Å². The molecule has 7 nitrogen and oxygen atoms in total. The van der Waals surface area contributed by atoms with Crippen molar-refractivity contribution >= 4 is 12.1 Å². The Morgan fingerprint density at radius 3 is 2.26 bits per heavy atom. The molecule has 0 fully saturated rings. The van der Waals surface area contributed by atoms with Crippen LogP contribution in [-0.2, 0) is 16.1 Å². The van der Waals surface area contributed by atoms with E-state index in [0.29, 0.717) is 11.3 Å². The molecular weight excluding hydrogens is 396 g/mol. The number of carbonyl (C=O) groups is 2. The van der Waals surface area contributed by atoms with E-state index in [9.17, 15) is 9.59 Å². The van der Waals surface area contributed by atoms with Crippen molar-refractivity contribution in [1.29, 1.82) is 0 Å². The molecule has 0 radical (unpaired) electrons. The first-order valence-electron chi connectivity index (χ1n) is 10.2. The van der Waals surface area contributed by atoms with Crippen molar-refractivity contribution in [2.24, 2.45) is 5.92 Å². The second-order valence-corrected chi connectivity index (χ2v) is 7.24. The maximum absolute atomic E-state index is 12.5. The molecule has 1 heterocycles. The van der Waals surface area contributed by atoms with E-state index in [2.05, 4.69) is 10.3 Å². The number of ether oxygens (including phenoxy) is 2. The van der Waals surface area contributed by atoms with Gasteiger partial charge in [0.15, 0.2) is 11.5 Å². The van der Waals surface area contributed by atoms with Gasteiger partial charge in [-0.15, -0.1) is 0 Å². The molecule has 0 aliphatic rings. The Morgan fingerprint density at radius 2 is 1.65 bits per heavy atom. The lowest BCUT2D eigenvalue weighted by Gasteiger charge is -2.19. The fraction of sp³-hybridized carbons (Fsp3) is 0.292. The molecule has 0 spiro atoms. The molecule has 7 heteroatoms. The second kappa shape index (κ2) is 10.4. The molecule has 0 saturated carbocycles. The number of alkyl carbamates (subject to hydrolysis) is 1. The molecule has 1 aromatic heterocycles. The molecule has 3 rings (SSSR count). The van der Waals surface area contributed by atoms with Crippen LogP contribution in [0.2, 0.25) is 0 Å². The molecule has 0 unspecified atom stereocenters. The lowest BCUT2D eigenvalue weighted by Crippen LogP contribution is -2.32. The summed E-state index contributed by atoms with van der Waals surface area (Å²) in [5.41, 5.74) is 1.65. The number of carbonyl (C=O) groups excluding carboxylic acids is 2. The van der Waals surface area contributed by atoms with Gasteiger partial charge in [-0.3, -0.25) is 0 Å². The summed E-state index contributed by atoms with van der Waals surface area (Å²) in [6.07, 6.45) is -0.598. The van der Waals surface area contributed by atoms with Gasteiger partial charge in [0.05, 0.1) is 6.61 Å². The van der Waals surface area contributed by atoms with E-state index in [1.165, 1.54) is 0 Å². The van der Waals surface area contributed by atoms with Gasteiger partial charge in [0, 0.05) is 5.56 Å². The first-order valence-corrected chi connectivity index (χ1v) is 10.2. The van der Waals surface area contributed by atoms with Crippen molar-refractivity contribution in [3.05, 3.63) is 77.8 Å². The molecule has 0 saturated heterocycles. The van der Waals surface area contributed by atoms with Crippen LogP contribution in [-0.4, -0.2) is 23.7 Å². The van der Waals surface area contributed by atoms with Crippen LogP contribution in [0.4, 0.5) is 4.79 Å². The molecule has 2 aromatic carbocycles. The van der Waals surface area contributed by atoms with Gasteiger partial charge in [-0.05, 0) is 18.4 Å². The number of hydrogen-bond acceptors (Lipinski definition) is 6. The molecule has 162 valence electrons. The molecule has 0 aliphatic heterocycles. The Hall–Kier alpha value is -3.61. The van der Waals surface area contributed by atoms with Crippen LogP contribution in [0.3, 0.4) is 0 Å². The summed E-state index contributed by atoms with van der Waals surface area (Å²) in [5.74, 6) is -0.125. The number of oxazole rings is 1. The maximum atomic E-state index is 12.5. The van der Waals surface area contributed by atoms with Crippen LogP contribution in [0.1, 0.15) is 48.8 Å². The number of rotatable bonds is 8. The van der Waals surface area contributed by atoms with Gasteiger partial charge in [0.2, 0.25) is 5.89 Å². The van der Waals surface area contributed by atoms with E-state index in [1.807, 2.05) is 74.5 Å². The van der Waals surface area contributed by atoms with Gasteiger partial charge in [-0.1, -0.05) is 74.5 Å². The van der Waals surface area contributed by atoms with Gasteiger partial charge >= 0.3 is 12.1 Å². The minimum atomic E-state index is -0.598. The zero-order valence-electron chi connectivity index (χ0n) is 17.8. The monoisotopic (exact) mass is 422 g/mol. The third-order valence-corrected chi connectivity index (χ3v) is 4.57. The number of nitrogens with one attached hydrogen (secondary N) is 1. The zero-order chi connectivity index (χ0) is 22.2. The van der Waals surface area contributed by atoms with Gasteiger partial charge in [0.1, 0.15) is 12.6 Å². The Morgan fingerprint density at radius 1 is 1.00 bits per heavy atom. The van der Waals surface area contributed by atoms with E-state index >= 15 is 0 Å². The van der Waals surface area contributed by atoms with Gasteiger partial charge < -0.3 is 19.2 Å². The summed E-state index contributed by atoms with van der Waals surface area (Å²) in [7, 11) is 0. The highest BCUT2D eigenvalue weighted by atomic mass is 16.5. The number of aromatic nitrogens is 1. The van der Waals surface area contributed by atoms with Gasteiger partial charge in [-0.2, -0.15) is 0 Å². The number of hydrogen-bond donors (Lipinski definition) is 1. The van der Waals surface area contributed by atoms with Crippen molar-refractivity contribution < 1.29 is 23.5 Å². The number of benzene rings is 2. The highest BCUT2D eigenvalue weighted by molar-refractivity contribution is 5.93. The van der Waals surface area contributed by atoms with Gasteiger partial charge in [-0.25, -0.2) is 14.6 Å². The van der Waals surface area contributed by atoms with Crippen LogP contribution in [0.25, 0.3) is 11.3 Å². The van der Waals surface area contributed by atoms with E-state index in [4.69, 9.17) is 13.9 Å². The number of esters is 1. The molecule has 0 aliphatic carbocycles. The standard InChI is InChI=1S/C24H26N2O5/c1-4-29-23(27)20-21(18-13-9-6-10-14-18)31-22(25-20)19(16(2)3)26-24(28)30-15-17-11-7-5-8-12-17/h5-14,16,19H,4,15H2,1-3H3,(H,26,28)/t19-/m0/s1. The van der Waals surface area contributed by atoms with E-state index in [1.54, 1.807) is 6.92 Å². The average Bonchev–Trinajstić information content (AvgIpc) is 3.22. The molecular formula is C24H26N2O5. The third kappa shape index (κ3) is 5.72. The maximum Gasteiger partial charge on any atom is 0.408 e. The summed E-state index contributed by atoms with van der Waals surface area (Å²) in [6, 6.07) is 18.0. The first kappa shape index (κ1) is 22.1. The Labute approximate surface area is 181 Å². The first-order chi connectivity index (χ1) is 15.0. The Balaban J connectivity index is 1.83. The molecule has 3 aromatic rings. The quantitative estimate of drug-likeness (QED) is 0.505. The summed E-state index contributed by atoms with van der Waals surface area (Å²) in [4.78, 5) is 29.3. The largest absolute Gasteiger partial charge is 0.461 e. The van der Waals surface area contributed by atoms with Crippen LogP contribution in [0.5, 0.6) is 0 Å². The summed E-state index contributed by atoms with van der Waals surface area (Å²) < 4.78 is 16.4. The Kier molecular flexibility index (Phi) is 7.43. The molecule has 1 atom stereocenters. The molecule has 1 N–H and O–H groups in total. The van der Waals surface area contributed by atoms with Crippen molar-refractivity contribution in [1.82, 2.24) is 10.3 Å². The van der Waals surface area contributed by atoms with E-state index < -0.39 is 18.1 Å². The van der Waals surface area contributed by atoms with Crippen LogP contribution in [0, 0.1) is 5.92 Å². The smallest absolute Gasteiger partial charge is 0.408 e. The minimum absolute atomic E-state index is 0.0680. The lowest BCUT2D eigenvalue weighted by molar-refractivity contribution is 0.0520. The highest BCUT2D eigenvalue weighted by Crippen LogP contribution is 2.30. The topological polar surface area (TPSA) is 90.7 Å². The molecule has 0 bridgehead atoms. The van der Waals surface area contributed by atoms with Crippen LogP contribution in [0.15, 0.2) is 65.1 Å². The minimum Gasteiger partial charge on any atom is -0.461 e. The Bertz CT molecular complexity index is 999. The van der Waals surface area contributed by atoms with E-state index in [0.717, 1.165) is 5.56 Å². The molecule has 31 heavy (non-hydrogen) atoms. The third-order valence-electron chi connectivity index (χ3n) is 4.57. The van der Waals surface area contributed by atoms with Crippen molar-refractivity contribution in [2.75, 3.05) is 6.61 Å². The summed E-state index contributed by atoms with van der Waals surface area (Å²) in [5, 5.41) is 2.80. The molecule has 1 amide bonds. The summed E-state index contributed by atoms with van der Waals surface area (Å²) >= 11 is 0. The van der Waals surface area contributed by atoms with E-state index in [-0.39, 0.29) is 30.7 Å². The lowest BCUT2D eigenvalue weighted by atomic mass is 10.1. The van der Waals surface area contributed by atoms with Crippen molar-refractivity contribution in [2.45, 2.75) is 33.4 Å². The predicted molar refractivity (Wildman–Crippen MR) is 115 cm³/mol. The van der Waals surface area contributed by atoms with Crippen LogP contribution < -0.4 is 5.32 Å². The summed E-state index contributed by atoms with van der Waals surface area (Å²) in [6.45, 7) is 5.92. The average molecular weight is 422 g/mol. The fourth-order valence-electron chi connectivity index (χ4n) is 3.00. The number of nitrogens with zero attached hydrogens (tertiary/aromatic N) is 1. The van der Waals surface area contributed by atoms with Crippen molar-refractivity contribution in [3.8, 4) is 11.3 Å².